The predicted octanol–water partition coefficient (Wildman–Crippen LogP) is 16.0. The van der Waals surface area contributed by atoms with E-state index in [1.54, 1.807) is 0 Å². The normalized spacial score (nSPS) is 11.4. The minimum atomic E-state index is 0.888. The molecule has 0 fully saturated rings. The largest absolute Gasteiger partial charge is 0.455 e. The molecule has 0 N–H and O–H groups in total. The van der Waals surface area contributed by atoms with Gasteiger partial charge in [0.15, 0.2) is 0 Å². The number of anilines is 3. The lowest BCUT2D eigenvalue weighted by molar-refractivity contribution is 0.636. The maximum atomic E-state index is 7.00. The van der Waals surface area contributed by atoms with E-state index < -0.39 is 0 Å². The fourth-order valence-electron chi connectivity index (χ4n) is 8.78. The average molecular weight is 740 g/mol. The molecular weight excluding hydrogens is 703 g/mol. The molecule has 2 heteroatoms. The van der Waals surface area contributed by atoms with Gasteiger partial charge in [-0.05, 0) is 74.1 Å². The molecule has 1 aromatic heterocycles. The van der Waals surface area contributed by atoms with Crippen molar-refractivity contribution in [1.82, 2.24) is 0 Å². The van der Waals surface area contributed by atoms with Crippen molar-refractivity contribution in [2.24, 2.45) is 0 Å². The van der Waals surface area contributed by atoms with Crippen LogP contribution in [-0.2, 0) is 0 Å². The van der Waals surface area contributed by atoms with Crippen molar-refractivity contribution >= 4 is 60.3 Å². The van der Waals surface area contributed by atoms with Crippen LogP contribution in [0.5, 0.6) is 0 Å². The molecule has 0 amide bonds. The van der Waals surface area contributed by atoms with Gasteiger partial charge >= 0.3 is 0 Å². The molecule has 11 rings (SSSR count). The van der Waals surface area contributed by atoms with Crippen LogP contribution in [0.25, 0.3) is 88.0 Å². The number of hydrogen-bond donors (Lipinski definition) is 0. The highest BCUT2D eigenvalue weighted by Crippen LogP contribution is 2.48. The van der Waals surface area contributed by atoms with Gasteiger partial charge in [-0.1, -0.05) is 194 Å². The number of nitrogens with zero attached hydrogens (tertiary/aromatic N) is 1. The third-order valence-corrected chi connectivity index (χ3v) is 11.5. The molecule has 0 spiro atoms. The Morgan fingerprint density at radius 1 is 0.328 bits per heavy atom. The summed E-state index contributed by atoms with van der Waals surface area (Å²) in [6.45, 7) is 0. The van der Waals surface area contributed by atoms with Crippen molar-refractivity contribution in [3.8, 4) is 44.7 Å². The van der Waals surface area contributed by atoms with Crippen LogP contribution in [0.4, 0.5) is 17.1 Å². The molecule has 2 nitrogen and oxygen atoms in total. The average Bonchev–Trinajstić information content (AvgIpc) is 3.72. The van der Waals surface area contributed by atoms with Gasteiger partial charge in [0.05, 0.1) is 11.4 Å². The van der Waals surface area contributed by atoms with Crippen molar-refractivity contribution in [3.05, 3.63) is 224 Å². The summed E-state index contributed by atoms with van der Waals surface area (Å²) in [4.78, 5) is 2.41. The lowest BCUT2D eigenvalue weighted by atomic mass is 9.90. The Kier molecular flexibility index (Phi) is 8.19. The standard InChI is InChI=1S/C56H37NO/c1-4-17-39(18-5-1)45-26-14-15-29-51(45)57(52-30-16-24-40-19-10-11-25-46(40)52)44-34-31-38(32-35-44)43-33-36-48-47-27-12-13-28-49(47)56-54(50(48)37-43)53(41-20-6-2-7-21-41)55(58-56)42-22-8-3-9-23-42/h1-37H. The lowest BCUT2D eigenvalue weighted by Gasteiger charge is -2.29. The smallest absolute Gasteiger partial charge is 0.143 e. The summed E-state index contributed by atoms with van der Waals surface area (Å²) >= 11 is 0. The van der Waals surface area contributed by atoms with Gasteiger partial charge in [0.2, 0.25) is 0 Å². The van der Waals surface area contributed by atoms with Crippen molar-refractivity contribution < 1.29 is 4.42 Å². The van der Waals surface area contributed by atoms with E-state index >= 15 is 0 Å². The van der Waals surface area contributed by atoms with E-state index in [-0.39, 0.29) is 0 Å². The Morgan fingerprint density at radius 2 is 0.879 bits per heavy atom. The summed E-state index contributed by atoms with van der Waals surface area (Å²) in [7, 11) is 0. The maximum Gasteiger partial charge on any atom is 0.143 e. The number of hydrogen-bond acceptors (Lipinski definition) is 2. The predicted molar refractivity (Wildman–Crippen MR) is 245 cm³/mol. The van der Waals surface area contributed by atoms with Gasteiger partial charge in [0.1, 0.15) is 11.3 Å². The summed E-state index contributed by atoms with van der Waals surface area (Å²) in [5.41, 5.74) is 12.2. The van der Waals surface area contributed by atoms with E-state index in [0.717, 1.165) is 67.0 Å². The van der Waals surface area contributed by atoms with Crippen LogP contribution >= 0.6 is 0 Å². The molecule has 272 valence electrons. The molecule has 1 heterocycles. The monoisotopic (exact) mass is 739 g/mol. The van der Waals surface area contributed by atoms with Crippen molar-refractivity contribution in [2.75, 3.05) is 4.90 Å². The lowest BCUT2D eigenvalue weighted by Crippen LogP contribution is -2.11. The Labute approximate surface area is 337 Å². The molecule has 0 saturated heterocycles. The molecule has 0 bridgehead atoms. The van der Waals surface area contributed by atoms with Gasteiger partial charge in [0.25, 0.3) is 0 Å². The summed E-state index contributed by atoms with van der Waals surface area (Å²) in [5, 5.41) is 8.23. The van der Waals surface area contributed by atoms with E-state index in [4.69, 9.17) is 4.42 Å². The first-order valence-electron chi connectivity index (χ1n) is 19.8. The molecular formula is C56H37NO. The Balaban J connectivity index is 1.11. The molecule has 0 aliphatic rings. The van der Waals surface area contributed by atoms with Crippen LogP contribution < -0.4 is 4.90 Å². The first kappa shape index (κ1) is 33.6. The fourth-order valence-corrected chi connectivity index (χ4v) is 8.78. The molecule has 0 atom stereocenters. The minimum Gasteiger partial charge on any atom is -0.455 e. The van der Waals surface area contributed by atoms with Gasteiger partial charge in [0, 0.05) is 38.5 Å². The van der Waals surface area contributed by atoms with Crippen LogP contribution in [0.15, 0.2) is 229 Å². The zero-order valence-electron chi connectivity index (χ0n) is 31.7. The SMILES string of the molecule is c1ccc(-c2ccccc2N(c2ccc(-c3ccc4c5ccccc5c5oc(-c6ccccc6)c(-c6ccccc6)c5c4c3)cc2)c2cccc3ccccc23)cc1. The van der Waals surface area contributed by atoms with Crippen molar-refractivity contribution in [3.63, 3.8) is 0 Å². The topological polar surface area (TPSA) is 16.4 Å². The molecule has 0 saturated carbocycles. The van der Waals surface area contributed by atoms with Crippen molar-refractivity contribution in [1.29, 1.82) is 0 Å². The summed E-state index contributed by atoms with van der Waals surface area (Å²) in [5.74, 6) is 0.888. The van der Waals surface area contributed by atoms with Crippen LogP contribution in [-0.4, -0.2) is 0 Å². The van der Waals surface area contributed by atoms with E-state index in [9.17, 15) is 0 Å². The summed E-state index contributed by atoms with van der Waals surface area (Å²) < 4.78 is 7.00. The van der Waals surface area contributed by atoms with Gasteiger partial charge in [-0.25, -0.2) is 0 Å². The first-order valence-corrected chi connectivity index (χ1v) is 19.8. The minimum absolute atomic E-state index is 0.888. The summed E-state index contributed by atoms with van der Waals surface area (Å²) in [6.07, 6.45) is 0. The molecule has 58 heavy (non-hydrogen) atoms. The second kappa shape index (κ2) is 14.1. The Hall–Kier alpha value is -7.68. The first-order chi connectivity index (χ1) is 28.8. The second-order valence-corrected chi connectivity index (χ2v) is 14.8. The van der Waals surface area contributed by atoms with Crippen molar-refractivity contribution in [2.45, 2.75) is 0 Å². The molecule has 0 radical (unpaired) electrons. The van der Waals surface area contributed by atoms with Crippen LogP contribution in [0.1, 0.15) is 0 Å². The third kappa shape index (κ3) is 5.66. The van der Waals surface area contributed by atoms with Gasteiger partial charge in [-0.2, -0.15) is 0 Å². The second-order valence-electron chi connectivity index (χ2n) is 14.8. The molecule has 0 aliphatic heterocycles. The number of fused-ring (bicyclic) bond motifs is 7. The fraction of sp³-hybridized carbons (Fsp3) is 0. The third-order valence-electron chi connectivity index (χ3n) is 11.5. The van der Waals surface area contributed by atoms with Gasteiger partial charge in [-0.15, -0.1) is 0 Å². The van der Waals surface area contributed by atoms with Crippen LogP contribution in [0.2, 0.25) is 0 Å². The van der Waals surface area contributed by atoms with E-state index in [1.165, 1.54) is 38.1 Å². The summed E-state index contributed by atoms with van der Waals surface area (Å²) in [6, 6.07) is 80.4. The molecule has 0 unspecified atom stereocenters. The van der Waals surface area contributed by atoms with E-state index in [2.05, 4.69) is 229 Å². The van der Waals surface area contributed by atoms with E-state index in [1.807, 2.05) is 0 Å². The van der Waals surface area contributed by atoms with Gasteiger partial charge in [-0.3, -0.25) is 0 Å². The van der Waals surface area contributed by atoms with E-state index in [0.29, 0.717) is 0 Å². The molecule has 10 aromatic carbocycles. The number of para-hydroxylation sites is 1. The zero-order chi connectivity index (χ0) is 38.4. The number of furan rings is 1. The Bertz CT molecular complexity index is 3250. The molecule has 11 aromatic rings. The van der Waals surface area contributed by atoms with Crippen LogP contribution in [0.3, 0.4) is 0 Å². The quantitative estimate of drug-likeness (QED) is 0.151. The maximum absolute atomic E-state index is 7.00. The molecule has 0 aliphatic carbocycles. The highest BCUT2D eigenvalue weighted by atomic mass is 16.3. The Morgan fingerprint density at radius 3 is 1.64 bits per heavy atom. The zero-order valence-corrected chi connectivity index (χ0v) is 31.7. The highest BCUT2D eigenvalue weighted by Gasteiger charge is 2.23. The highest BCUT2D eigenvalue weighted by molar-refractivity contribution is 6.29. The number of benzene rings is 10. The van der Waals surface area contributed by atoms with Crippen LogP contribution in [0, 0.1) is 0 Å². The number of rotatable bonds is 7. The van der Waals surface area contributed by atoms with Gasteiger partial charge < -0.3 is 9.32 Å².